The van der Waals surface area contributed by atoms with Gasteiger partial charge in [0.2, 0.25) is 0 Å². The molecule has 9 nitrogen and oxygen atoms in total. The maximum absolute atomic E-state index is 13.4. The summed E-state index contributed by atoms with van der Waals surface area (Å²) in [6, 6.07) is 7.50. The van der Waals surface area contributed by atoms with Crippen molar-refractivity contribution < 1.29 is 4.39 Å². The number of benzene rings is 1. The number of aromatic nitrogens is 8. The number of nitrogens with one attached hydrogen (secondary N) is 1. The molecule has 0 aliphatic rings. The third-order valence-electron chi connectivity index (χ3n) is 4.19. The Morgan fingerprint density at radius 1 is 1.11 bits per heavy atom. The molecule has 1 aromatic carbocycles. The fourth-order valence-electron chi connectivity index (χ4n) is 3.00. The number of rotatable bonds is 2. The van der Waals surface area contributed by atoms with Crippen LogP contribution in [0.15, 0.2) is 47.7 Å². The first-order valence-corrected chi connectivity index (χ1v) is 8.02. The number of fused-ring (bicyclic) bond motifs is 2. The van der Waals surface area contributed by atoms with Gasteiger partial charge in [0, 0.05) is 11.8 Å². The van der Waals surface area contributed by atoms with Gasteiger partial charge in [-0.1, -0.05) is 0 Å². The molecule has 0 saturated heterocycles. The van der Waals surface area contributed by atoms with Gasteiger partial charge in [0.25, 0.3) is 17.3 Å². The van der Waals surface area contributed by atoms with E-state index in [4.69, 9.17) is 0 Å². The fraction of sp³-hybridized carbons (Fsp3) is 0.0588. The average molecular weight is 362 g/mol. The number of hydrogen-bond donors (Lipinski definition) is 1. The van der Waals surface area contributed by atoms with E-state index in [1.165, 1.54) is 27.5 Å². The smallest absolute Gasteiger partial charge is 0.268 e. The minimum absolute atomic E-state index is 0.225. The van der Waals surface area contributed by atoms with E-state index < -0.39 is 0 Å². The van der Waals surface area contributed by atoms with Gasteiger partial charge in [-0.25, -0.2) is 13.9 Å². The Hall–Kier alpha value is -3.95. The predicted molar refractivity (Wildman–Crippen MR) is 94.0 cm³/mol. The number of hydrogen-bond acceptors (Lipinski definition) is 6. The highest BCUT2D eigenvalue weighted by Crippen LogP contribution is 2.26. The molecule has 5 aromatic rings. The molecule has 1 N–H and O–H groups in total. The van der Waals surface area contributed by atoms with E-state index in [9.17, 15) is 9.18 Å². The molecule has 0 aliphatic heterocycles. The first-order chi connectivity index (χ1) is 13.1. The molecule has 0 bridgehead atoms. The summed E-state index contributed by atoms with van der Waals surface area (Å²) >= 11 is 0. The zero-order valence-electron chi connectivity index (χ0n) is 14.0. The fourth-order valence-corrected chi connectivity index (χ4v) is 3.00. The van der Waals surface area contributed by atoms with Crippen molar-refractivity contribution in [2.24, 2.45) is 0 Å². The van der Waals surface area contributed by atoms with Crippen LogP contribution < -0.4 is 5.56 Å². The molecule has 0 aliphatic carbocycles. The summed E-state index contributed by atoms with van der Waals surface area (Å²) in [6.45, 7) is 1.74. The van der Waals surface area contributed by atoms with Crippen molar-refractivity contribution >= 4 is 16.7 Å². The highest BCUT2D eigenvalue weighted by atomic mass is 19.1. The molecular weight excluding hydrogens is 351 g/mol. The summed E-state index contributed by atoms with van der Waals surface area (Å²) in [7, 11) is 0. The summed E-state index contributed by atoms with van der Waals surface area (Å²) in [4.78, 5) is 26.0. The normalized spacial score (nSPS) is 11.5. The molecule has 0 amide bonds. The monoisotopic (exact) mass is 362 g/mol. The zero-order valence-corrected chi connectivity index (χ0v) is 14.0. The molecule has 0 spiro atoms. The summed E-state index contributed by atoms with van der Waals surface area (Å²) in [5.41, 5.74) is 1.17. The lowest BCUT2D eigenvalue weighted by atomic mass is 10.1. The molecule has 27 heavy (non-hydrogen) atoms. The van der Waals surface area contributed by atoms with Crippen molar-refractivity contribution in [3.63, 3.8) is 0 Å². The van der Waals surface area contributed by atoms with Crippen LogP contribution in [-0.2, 0) is 0 Å². The topological polar surface area (TPSA) is 107 Å². The second-order valence-electron chi connectivity index (χ2n) is 5.91. The standard InChI is InChI=1S/C17H11FN8O/c1-9-21-17(24-23-9)25-7-6-12-13(15(25)27)14(10-2-4-11(18)5-3-10)26-16(22-12)19-8-20-26/h2-8H,1H3,(H,21,23,24). The molecule has 4 aromatic heterocycles. The van der Waals surface area contributed by atoms with Crippen molar-refractivity contribution in [2.45, 2.75) is 6.92 Å². The van der Waals surface area contributed by atoms with Gasteiger partial charge in [0.1, 0.15) is 18.0 Å². The van der Waals surface area contributed by atoms with Crippen LogP contribution in [0, 0.1) is 12.7 Å². The molecule has 5 rings (SSSR count). The lowest BCUT2D eigenvalue weighted by Gasteiger charge is -2.10. The Morgan fingerprint density at radius 2 is 1.93 bits per heavy atom. The van der Waals surface area contributed by atoms with Gasteiger partial charge in [0.05, 0.1) is 16.6 Å². The van der Waals surface area contributed by atoms with Gasteiger partial charge in [-0.2, -0.15) is 19.6 Å². The minimum atomic E-state index is -0.374. The van der Waals surface area contributed by atoms with Gasteiger partial charge in [0.15, 0.2) is 0 Å². The third kappa shape index (κ3) is 2.30. The van der Waals surface area contributed by atoms with Crippen LogP contribution >= 0.6 is 0 Å². The van der Waals surface area contributed by atoms with E-state index in [1.807, 2.05) is 0 Å². The first-order valence-electron chi connectivity index (χ1n) is 8.02. The number of H-pyrrole nitrogens is 1. The van der Waals surface area contributed by atoms with Crippen molar-refractivity contribution in [3.8, 4) is 17.2 Å². The average Bonchev–Trinajstić information content (AvgIpc) is 3.30. The molecule has 4 heterocycles. The van der Waals surface area contributed by atoms with Crippen molar-refractivity contribution in [1.82, 2.24) is 39.3 Å². The third-order valence-corrected chi connectivity index (χ3v) is 4.19. The first kappa shape index (κ1) is 15.3. The highest BCUT2D eigenvalue weighted by molar-refractivity contribution is 5.93. The van der Waals surface area contributed by atoms with E-state index in [2.05, 4.69) is 30.2 Å². The summed E-state index contributed by atoms with van der Waals surface area (Å²) in [6.07, 6.45) is 2.91. The Morgan fingerprint density at radius 3 is 2.67 bits per heavy atom. The molecule has 0 saturated carbocycles. The lowest BCUT2D eigenvalue weighted by molar-refractivity contribution is 0.628. The van der Waals surface area contributed by atoms with E-state index in [1.54, 1.807) is 31.3 Å². The van der Waals surface area contributed by atoms with Gasteiger partial charge >= 0.3 is 0 Å². The Labute approximate surface area is 150 Å². The van der Waals surface area contributed by atoms with Crippen molar-refractivity contribution in [2.75, 3.05) is 0 Å². The van der Waals surface area contributed by atoms with Crippen LogP contribution in [0.2, 0.25) is 0 Å². The summed E-state index contributed by atoms with van der Waals surface area (Å²) in [5.74, 6) is 0.775. The minimum Gasteiger partial charge on any atom is -0.268 e. The van der Waals surface area contributed by atoms with Crippen molar-refractivity contribution in [3.05, 3.63) is 64.9 Å². The van der Waals surface area contributed by atoms with Gasteiger partial charge in [-0.15, -0.1) is 5.10 Å². The lowest BCUT2D eigenvalue weighted by Crippen LogP contribution is -2.21. The number of halogens is 1. The van der Waals surface area contributed by atoms with Crippen LogP contribution in [0.1, 0.15) is 5.82 Å². The van der Waals surface area contributed by atoms with E-state index in [0.717, 1.165) is 0 Å². The number of nitrogens with zero attached hydrogens (tertiary/aromatic N) is 7. The molecule has 0 unspecified atom stereocenters. The zero-order chi connectivity index (χ0) is 18.5. The molecule has 0 fully saturated rings. The maximum Gasteiger partial charge on any atom is 0.269 e. The van der Waals surface area contributed by atoms with Crippen LogP contribution in [0.25, 0.3) is 33.9 Å². The number of pyridine rings is 1. The Kier molecular flexibility index (Phi) is 3.13. The van der Waals surface area contributed by atoms with Crippen LogP contribution in [0.5, 0.6) is 0 Å². The van der Waals surface area contributed by atoms with Crippen LogP contribution in [0.4, 0.5) is 4.39 Å². The number of aryl methyl sites for hydroxylation is 1. The quantitative estimate of drug-likeness (QED) is 0.512. The largest absolute Gasteiger partial charge is 0.269 e. The summed E-state index contributed by atoms with van der Waals surface area (Å²) in [5, 5.41) is 11.2. The van der Waals surface area contributed by atoms with E-state index >= 15 is 0 Å². The SMILES string of the molecule is Cc1nc(-n2ccc3nc4ncnn4c(-c4ccc(F)cc4)c3c2=O)n[nH]1. The van der Waals surface area contributed by atoms with Gasteiger partial charge < -0.3 is 0 Å². The molecular formula is C17H11FN8O. The molecule has 10 heteroatoms. The second kappa shape index (κ2) is 5.53. The second-order valence-corrected chi connectivity index (χ2v) is 5.91. The van der Waals surface area contributed by atoms with Gasteiger partial charge in [-0.3, -0.25) is 9.89 Å². The molecule has 132 valence electrons. The van der Waals surface area contributed by atoms with Gasteiger partial charge in [-0.05, 0) is 37.3 Å². The van der Waals surface area contributed by atoms with Crippen molar-refractivity contribution in [1.29, 1.82) is 0 Å². The van der Waals surface area contributed by atoms with Crippen LogP contribution in [0.3, 0.4) is 0 Å². The Balaban J connectivity index is 1.93. The van der Waals surface area contributed by atoms with E-state index in [-0.39, 0.29) is 17.3 Å². The highest BCUT2D eigenvalue weighted by Gasteiger charge is 2.18. The Bertz CT molecular complexity index is 1370. The van der Waals surface area contributed by atoms with Crippen LogP contribution in [-0.4, -0.2) is 39.3 Å². The summed E-state index contributed by atoms with van der Waals surface area (Å²) < 4.78 is 16.2. The predicted octanol–water partition coefficient (Wildman–Crippen LogP) is 1.66. The van der Waals surface area contributed by atoms with E-state index in [0.29, 0.717) is 33.8 Å². The molecule has 0 radical (unpaired) electrons. The maximum atomic E-state index is 13.4. The number of aromatic amines is 1. The molecule has 0 atom stereocenters.